The number of carboxylic acid groups (broad SMARTS) is 1. The zero-order chi connectivity index (χ0) is 10.7. The smallest absolute Gasteiger partial charge is 0.335 e. The van der Waals surface area contributed by atoms with E-state index in [4.69, 9.17) is 5.11 Å². The Hall–Kier alpha value is -1.84. The van der Waals surface area contributed by atoms with Crippen molar-refractivity contribution in [1.82, 2.24) is 0 Å². The molecular formula is C10H9FO3. The summed E-state index contributed by atoms with van der Waals surface area (Å²) in [6.45, 7) is 3.31. The molecule has 0 fully saturated rings. The van der Waals surface area contributed by atoms with Gasteiger partial charge in [-0.3, -0.25) is 0 Å². The Balaban J connectivity index is 3.09. The van der Waals surface area contributed by atoms with Gasteiger partial charge < -0.3 is 9.84 Å². The van der Waals surface area contributed by atoms with E-state index in [9.17, 15) is 9.18 Å². The average molecular weight is 196 g/mol. The first kappa shape index (κ1) is 10.2. The molecule has 0 radical (unpaired) electrons. The Morgan fingerprint density at radius 3 is 2.64 bits per heavy atom. The van der Waals surface area contributed by atoms with Crippen molar-refractivity contribution in [3.8, 4) is 5.75 Å². The molecule has 0 aliphatic heterocycles. The number of rotatable bonds is 3. The third-order valence-electron chi connectivity index (χ3n) is 1.76. The molecule has 0 aliphatic carbocycles. The van der Waals surface area contributed by atoms with Gasteiger partial charge in [0.2, 0.25) is 0 Å². The minimum atomic E-state index is -1.17. The van der Waals surface area contributed by atoms with Gasteiger partial charge in [-0.2, -0.15) is 0 Å². The first-order chi connectivity index (χ1) is 6.56. The van der Waals surface area contributed by atoms with E-state index in [0.29, 0.717) is 0 Å². The highest BCUT2D eigenvalue weighted by Crippen LogP contribution is 2.21. The summed E-state index contributed by atoms with van der Waals surface area (Å²) < 4.78 is 17.8. The van der Waals surface area contributed by atoms with Gasteiger partial charge in [0.25, 0.3) is 0 Å². The molecule has 0 saturated carbocycles. The van der Waals surface area contributed by atoms with Gasteiger partial charge in [0.15, 0.2) is 11.6 Å². The fourth-order valence-corrected chi connectivity index (χ4v) is 0.978. The second-order valence-electron chi connectivity index (χ2n) is 2.63. The molecule has 0 unspecified atom stereocenters. The number of ether oxygens (including phenoxy) is 1. The minimum absolute atomic E-state index is 0.0759. The average Bonchev–Trinajstić information content (AvgIpc) is 2.16. The van der Waals surface area contributed by atoms with Crippen LogP contribution in [0.15, 0.2) is 24.8 Å². The van der Waals surface area contributed by atoms with Gasteiger partial charge in [0.1, 0.15) is 0 Å². The molecule has 0 saturated heterocycles. The number of carboxylic acids is 1. The topological polar surface area (TPSA) is 46.5 Å². The summed E-state index contributed by atoms with van der Waals surface area (Å²) >= 11 is 0. The monoisotopic (exact) mass is 196 g/mol. The van der Waals surface area contributed by atoms with Crippen molar-refractivity contribution in [2.45, 2.75) is 0 Å². The number of carbonyl (C=O) groups is 1. The van der Waals surface area contributed by atoms with E-state index in [1.807, 2.05) is 0 Å². The number of halogens is 1. The third-order valence-corrected chi connectivity index (χ3v) is 1.76. The van der Waals surface area contributed by atoms with Crippen LogP contribution in [0.5, 0.6) is 5.75 Å². The number of hydrogen-bond acceptors (Lipinski definition) is 2. The van der Waals surface area contributed by atoms with Gasteiger partial charge in [0.05, 0.1) is 12.7 Å². The number of benzene rings is 1. The highest BCUT2D eigenvalue weighted by molar-refractivity contribution is 6.14. The maximum Gasteiger partial charge on any atom is 0.335 e. The molecule has 4 heteroatoms. The number of methoxy groups -OCH3 is 1. The molecular weight excluding hydrogens is 187 g/mol. The minimum Gasteiger partial charge on any atom is -0.494 e. The van der Waals surface area contributed by atoms with Gasteiger partial charge in [-0.05, 0) is 17.7 Å². The van der Waals surface area contributed by atoms with Crippen LogP contribution in [-0.2, 0) is 4.79 Å². The molecule has 1 N–H and O–H groups in total. The van der Waals surface area contributed by atoms with Gasteiger partial charge in [-0.15, -0.1) is 0 Å². The van der Waals surface area contributed by atoms with E-state index in [2.05, 4.69) is 11.3 Å². The van der Waals surface area contributed by atoms with E-state index < -0.39 is 11.8 Å². The second kappa shape index (κ2) is 3.91. The summed E-state index contributed by atoms with van der Waals surface area (Å²) in [4.78, 5) is 10.5. The van der Waals surface area contributed by atoms with E-state index in [0.717, 1.165) is 6.07 Å². The van der Waals surface area contributed by atoms with Crippen LogP contribution in [0.2, 0.25) is 0 Å². The molecule has 0 spiro atoms. The second-order valence-corrected chi connectivity index (χ2v) is 2.63. The fraction of sp³-hybridized carbons (Fsp3) is 0.100. The summed E-state index contributed by atoms with van der Waals surface area (Å²) in [5.74, 6) is -1.70. The number of hydrogen-bond donors (Lipinski definition) is 1. The van der Waals surface area contributed by atoms with Crippen LogP contribution in [0, 0.1) is 5.82 Å². The summed E-state index contributed by atoms with van der Waals surface area (Å²) in [7, 11) is 1.34. The van der Waals surface area contributed by atoms with Gasteiger partial charge >= 0.3 is 5.97 Å². The predicted molar refractivity (Wildman–Crippen MR) is 49.6 cm³/mol. The molecule has 1 aromatic rings. The van der Waals surface area contributed by atoms with Crippen LogP contribution in [-0.4, -0.2) is 18.2 Å². The third kappa shape index (κ3) is 1.90. The molecule has 0 amide bonds. The van der Waals surface area contributed by atoms with E-state index in [1.54, 1.807) is 0 Å². The van der Waals surface area contributed by atoms with E-state index >= 15 is 0 Å². The maximum absolute atomic E-state index is 13.1. The SMILES string of the molecule is C=C(C(=O)O)c1ccc(OC)c(F)c1. The molecule has 0 aromatic heterocycles. The summed E-state index contributed by atoms with van der Waals surface area (Å²) in [6, 6.07) is 3.88. The van der Waals surface area contributed by atoms with Crippen LogP contribution in [0.25, 0.3) is 5.57 Å². The first-order valence-corrected chi connectivity index (χ1v) is 3.82. The van der Waals surface area contributed by atoms with Crippen LogP contribution < -0.4 is 4.74 Å². The summed E-state index contributed by atoms with van der Waals surface area (Å²) in [6.07, 6.45) is 0. The van der Waals surface area contributed by atoms with Crippen LogP contribution in [0.3, 0.4) is 0 Å². The van der Waals surface area contributed by atoms with Crippen LogP contribution in [0.1, 0.15) is 5.56 Å². The summed E-state index contributed by atoms with van der Waals surface area (Å²) in [5.41, 5.74) is 0.0855. The highest BCUT2D eigenvalue weighted by Gasteiger charge is 2.10. The van der Waals surface area contributed by atoms with Crippen LogP contribution in [0.4, 0.5) is 4.39 Å². The zero-order valence-corrected chi connectivity index (χ0v) is 7.58. The molecule has 0 aliphatic rings. The Labute approximate surface area is 80.4 Å². The molecule has 3 nitrogen and oxygen atoms in total. The van der Waals surface area contributed by atoms with E-state index in [1.165, 1.54) is 19.2 Å². The quantitative estimate of drug-likeness (QED) is 0.751. The van der Waals surface area contributed by atoms with E-state index in [-0.39, 0.29) is 16.9 Å². The Morgan fingerprint density at radius 2 is 2.21 bits per heavy atom. The highest BCUT2D eigenvalue weighted by atomic mass is 19.1. The first-order valence-electron chi connectivity index (χ1n) is 3.82. The molecule has 1 rings (SSSR count). The normalized spacial score (nSPS) is 9.57. The lowest BCUT2D eigenvalue weighted by molar-refractivity contribution is -0.130. The Morgan fingerprint density at radius 1 is 1.57 bits per heavy atom. The predicted octanol–water partition coefficient (Wildman–Crippen LogP) is 1.93. The molecule has 0 heterocycles. The lowest BCUT2D eigenvalue weighted by Crippen LogP contribution is -1.99. The molecule has 0 bridgehead atoms. The van der Waals surface area contributed by atoms with Crippen molar-refractivity contribution in [3.63, 3.8) is 0 Å². The maximum atomic E-state index is 13.1. The van der Waals surface area contributed by atoms with Gasteiger partial charge in [-0.25, -0.2) is 9.18 Å². The summed E-state index contributed by atoms with van der Waals surface area (Å²) in [5, 5.41) is 8.60. The fourth-order valence-electron chi connectivity index (χ4n) is 0.978. The lowest BCUT2D eigenvalue weighted by Gasteiger charge is -2.04. The van der Waals surface area contributed by atoms with Crippen LogP contribution >= 0.6 is 0 Å². The lowest BCUT2D eigenvalue weighted by atomic mass is 10.1. The largest absolute Gasteiger partial charge is 0.494 e. The van der Waals surface area contributed by atoms with Crippen molar-refractivity contribution < 1.29 is 19.0 Å². The number of aliphatic carboxylic acids is 1. The van der Waals surface area contributed by atoms with Crippen molar-refractivity contribution >= 4 is 11.5 Å². The van der Waals surface area contributed by atoms with Crippen molar-refractivity contribution in [2.24, 2.45) is 0 Å². The van der Waals surface area contributed by atoms with Crippen molar-refractivity contribution in [2.75, 3.05) is 7.11 Å². The standard InChI is InChI=1S/C10H9FO3/c1-6(10(12)13)7-3-4-9(14-2)8(11)5-7/h3-5H,1H2,2H3,(H,12,13). The Kier molecular flexibility index (Phi) is 2.86. The van der Waals surface area contributed by atoms with Gasteiger partial charge in [0, 0.05) is 0 Å². The van der Waals surface area contributed by atoms with Crippen molar-refractivity contribution in [3.05, 3.63) is 36.2 Å². The molecule has 14 heavy (non-hydrogen) atoms. The Bertz CT molecular complexity index is 385. The van der Waals surface area contributed by atoms with Crippen molar-refractivity contribution in [1.29, 1.82) is 0 Å². The molecule has 0 atom stereocenters. The molecule has 1 aromatic carbocycles. The van der Waals surface area contributed by atoms with Gasteiger partial charge in [-0.1, -0.05) is 12.6 Å². The molecule has 74 valence electrons. The zero-order valence-electron chi connectivity index (χ0n) is 7.58.